The molecule has 1 heterocycles. The van der Waals surface area contributed by atoms with E-state index in [1.54, 1.807) is 12.1 Å². The average molecular weight is 490 g/mol. The number of ether oxygens (including phenoxy) is 3. The van der Waals surface area contributed by atoms with Crippen molar-refractivity contribution in [1.82, 2.24) is 0 Å². The van der Waals surface area contributed by atoms with E-state index in [-0.39, 0.29) is 33.9 Å². The smallest absolute Gasteiger partial charge is 0.229 e. The maximum absolute atomic E-state index is 12.9. The van der Waals surface area contributed by atoms with Crippen molar-refractivity contribution in [2.75, 3.05) is 13.7 Å². The van der Waals surface area contributed by atoms with Gasteiger partial charge in [-0.25, -0.2) is 0 Å². The van der Waals surface area contributed by atoms with Gasteiger partial charge in [-0.2, -0.15) is 0 Å². The number of aliphatic hydroxyl groups is 4. The molecule has 11 heteroatoms. The first-order valence-electron chi connectivity index (χ1n) is 10.5. The first-order chi connectivity index (χ1) is 16.6. The molecule has 0 saturated carbocycles. The number of hydrogen-bond acceptors (Lipinski definition) is 11. The zero-order valence-electron chi connectivity index (χ0n) is 18.9. The van der Waals surface area contributed by atoms with Crippen molar-refractivity contribution in [3.8, 4) is 23.0 Å². The van der Waals surface area contributed by atoms with Crippen LogP contribution < -0.4 is 9.47 Å². The van der Waals surface area contributed by atoms with Gasteiger partial charge >= 0.3 is 0 Å². The standard InChI is InChI=1S/C24H26O11/c1-11-18(29)17(15(28)8-5-12-3-6-13(27)7-4-12)23(33-2)14(9-25)22(11)35-24-21(32)20(31)19(30)16(10-26)34-24/h3-9,16,19-21,24,26-27,29-32H,10H2,1-2H3/b8-5+/t16-,19-,20+,21-,24+/m1/s1. The number of allylic oxidation sites excluding steroid dienone is 1. The molecule has 188 valence electrons. The van der Waals surface area contributed by atoms with Gasteiger partial charge in [0.15, 0.2) is 12.1 Å². The highest BCUT2D eigenvalue weighted by molar-refractivity contribution is 6.12. The number of methoxy groups -OCH3 is 1. The Balaban J connectivity index is 2.01. The number of ketones is 1. The number of aliphatic hydroxyl groups excluding tert-OH is 4. The number of carbonyl (C=O) groups is 2. The van der Waals surface area contributed by atoms with Crippen LogP contribution in [0.25, 0.3) is 6.08 Å². The molecule has 35 heavy (non-hydrogen) atoms. The van der Waals surface area contributed by atoms with Crippen LogP contribution in [0.1, 0.15) is 31.8 Å². The number of aromatic hydroxyl groups is 2. The van der Waals surface area contributed by atoms with Crippen molar-refractivity contribution >= 4 is 18.1 Å². The average Bonchev–Trinajstić information content (AvgIpc) is 2.86. The fourth-order valence-corrected chi connectivity index (χ4v) is 3.66. The van der Waals surface area contributed by atoms with Gasteiger partial charge in [-0.15, -0.1) is 0 Å². The first kappa shape index (κ1) is 26.1. The molecular formula is C24H26O11. The number of benzene rings is 2. The molecule has 1 saturated heterocycles. The van der Waals surface area contributed by atoms with E-state index in [4.69, 9.17) is 14.2 Å². The molecule has 1 aliphatic heterocycles. The maximum atomic E-state index is 12.9. The lowest BCUT2D eigenvalue weighted by atomic mass is 9.97. The Hall–Kier alpha value is -3.48. The van der Waals surface area contributed by atoms with Gasteiger partial charge < -0.3 is 44.8 Å². The Bertz CT molecular complexity index is 1110. The Morgan fingerprint density at radius 3 is 2.29 bits per heavy atom. The molecule has 0 bridgehead atoms. The highest BCUT2D eigenvalue weighted by Crippen LogP contribution is 2.43. The number of rotatable bonds is 8. The van der Waals surface area contributed by atoms with Crippen molar-refractivity contribution in [2.24, 2.45) is 0 Å². The monoisotopic (exact) mass is 490 g/mol. The van der Waals surface area contributed by atoms with Gasteiger partial charge in [0.1, 0.15) is 53.0 Å². The maximum Gasteiger partial charge on any atom is 0.229 e. The SMILES string of the molecule is COc1c(C=O)c(O[C@@H]2O[C@H](CO)[C@@H](O)[C@H](O)[C@H]2O)c(C)c(O)c1C(=O)/C=C/c1ccc(O)cc1. The van der Waals surface area contributed by atoms with E-state index in [0.29, 0.717) is 11.8 Å². The van der Waals surface area contributed by atoms with E-state index in [1.165, 1.54) is 32.2 Å². The number of carbonyl (C=O) groups excluding carboxylic acids is 2. The second-order valence-electron chi connectivity index (χ2n) is 7.85. The van der Waals surface area contributed by atoms with Crippen molar-refractivity contribution < 1.29 is 54.4 Å². The third-order valence-corrected chi connectivity index (χ3v) is 5.62. The molecule has 6 N–H and O–H groups in total. The molecule has 1 fully saturated rings. The Kier molecular flexibility index (Phi) is 8.10. The fraction of sp³-hybridized carbons (Fsp3) is 0.333. The van der Waals surface area contributed by atoms with E-state index in [9.17, 15) is 40.2 Å². The van der Waals surface area contributed by atoms with Gasteiger partial charge in [0, 0.05) is 5.56 Å². The summed E-state index contributed by atoms with van der Waals surface area (Å²) in [6.45, 7) is 0.654. The molecule has 0 unspecified atom stereocenters. The molecule has 3 rings (SSSR count). The number of aldehydes is 1. The lowest BCUT2D eigenvalue weighted by Crippen LogP contribution is -2.60. The molecule has 1 aliphatic rings. The highest BCUT2D eigenvalue weighted by Gasteiger charge is 2.45. The molecular weight excluding hydrogens is 464 g/mol. The van der Waals surface area contributed by atoms with Gasteiger partial charge in [-0.05, 0) is 30.7 Å². The number of phenolic OH excluding ortho intramolecular Hbond substituents is 2. The van der Waals surface area contributed by atoms with Crippen LogP contribution in [0.2, 0.25) is 0 Å². The normalized spacial score (nSPS) is 24.3. The summed E-state index contributed by atoms with van der Waals surface area (Å²) in [5, 5.41) is 59.8. The molecule has 0 spiro atoms. The molecule has 0 radical (unpaired) electrons. The Morgan fingerprint density at radius 1 is 1.06 bits per heavy atom. The van der Waals surface area contributed by atoms with Crippen LogP contribution in [-0.2, 0) is 4.74 Å². The summed E-state index contributed by atoms with van der Waals surface area (Å²) in [5.74, 6) is -1.81. The highest BCUT2D eigenvalue weighted by atomic mass is 16.7. The third kappa shape index (κ3) is 5.14. The van der Waals surface area contributed by atoms with Gasteiger partial charge in [-0.1, -0.05) is 18.2 Å². The predicted molar refractivity (Wildman–Crippen MR) is 121 cm³/mol. The van der Waals surface area contributed by atoms with Crippen LogP contribution in [0.5, 0.6) is 23.0 Å². The largest absolute Gasteiger partial charge is 0.508 e. The lowest BCUT2D eigenvalue weighted by Gasteiger charge is -2.40. The summed E-state index contributed by atoms with van der Waals surface area (Å²) in [7, 11) is 1.18. The fourth-order valence-electron chi connectivity index (χ4n) is 3.66. The van der Waals surface area contributed by atoms with Gasteiger partial charge in [-0.3, -0.25) is 9.59 Å². The van der Waals surface area contributed by atoms with Crippen LogP contribution in [0.4, 0.5) is 0 Å². The van der Waals surface area contributed by atoms with E-state index < -0.39 is 48.8 Å². The Labute approximate surface area is 200 Å². The molecule has 11 nitrogen and oxygen atoms in total. The topological polar surface area (TPSA) is 183 Å². The van der Waals surface area contributed by atoms with E-state index in [0.717, 1.165) is 6.08 Å². The lowest BCUT2D eigenvalue weighted by molar-refractivity contribution is -0.277. The minimum absolute atomic E-state index is 0.0500. The van der Waals surface area contributed by atoms with E-state index in [2.05, 4.69) is 0 Å². The second-order valence-corrected chi connectivity index (χ2v) is 7.85. The molecule has 0 amide bonds. The van der Waals surface area contributed by atoms with Crippen LogP contribution >= 0.6 is 0 Å². The van der Waals surface area contributed by atoms with Gasteiger partial charge in [0.2, 0.25) is 6.29 Å². The van der Waals surface area contributed by atoms with Crippen LogP contribution in [0.15, 0.2) is 30.3 Å². The number of phenols is 2. The molecule has 2 aromatic carbocycles. The van der Waals surface area contributed by atoms with Crippen LogP contribution in [0, 0.1) is 6.92 Å². The van der Waals surface area contributed by atoms with Crippen molar-refractivity contribution in [2.45, 2.75) is 37.6 Å². The summed E-state index contributed by atoms with van der Waals surface area (Å²) in [6, 6.07) is 6.00. The van der Waals surface area contributed by atoms with Crippen molar-refractivity contribution in [3.63, 3.8) is 0 Å². The zero-order chi connectivity index (χ0) is 25.9. The van der Waals surface area contributed by atoms with E-state index >= 15 is 0 Å². The summed E-state index contributed by atoms with van der Waals surface area (Å²) < 4.78 is 16.1. The molecule has 0 aromatic heterocycles. The zero-order valence-corrected chi connectivity index (χ0v) is 18.9. The van der Waals surface area contributed by atoms with Gasteiger partial charge in [0.25, 0.3) is 0 Å². The predicted octanol–water partition coefficient (Wildman–Crippen LogP) is 0.302. The summed E-state index contributed by atoms with van der Waals surface area (Å²) in [6.07, 6.45) is -5.11. The third-order valence-electron chi connectivity index (χ3n) is 5.62. The van der Waals surface area contributed by atoms with Crippen LogP contribution in [0.3, 0.4) is 0 Å². The minimum Gasteiger partial charge on any atom is -0.508 e. The molecule has 0 aliphatic carbocycles. The minimum atomic E-state index is -1.77. The Morgan fingerprint density at radius 2 is 1.71 bits per heavy atom. The van der Waals surface area contributed by atoms with E-state index in [1.807, 2.05) is 0 Å². The molecule has 2 aromatic rings. The quantitative estimate of drug-likeness (QED) is 0.170. The summed E-state index contributed by atoms with van der Waals surface area (Å²) in [4.78, 5) is 24.9. The summed E-state index contributed by atoms with van der Waals surface area (Å²) >= 11 is 0. The molecule has 5 atom stereocenters. The van der Waals surface area contributed by atoms with Crippen molar-refractivity contribution in [3.05, 3.63) is 52.6 Å². The van der Waals surface area contributed by atoms with Crippen molar-refractivity contribution in [1.29, 1.82) is 0 Å². The van der Waals surface area contributed by atoms with Crippen LogP contribution in [-0.4, -0.2) is 87.1 Å². The number of hydrogen-bond donors (Lipinski definition) is 6. The van der Waals surface area contributed by atoms with Gasteiger partial charge in [0.05, 0.1) is 19.3 Å². The first-order valence-corrected chi connectivity index (χ1v) is 10.5. The second kappa shape index (κ2) is 10.8. The summed E-state index contributed by atoms with van der Waals surface area (Å²) in [5.41, 5.74) is -0.0693.